The van der Waals surface area contributed by atoms with Crippen molar-refractivity contribution in [2.24, 2.45) is 5.73 Å². The first-order valence-electron chi connectivity index (χ1n) is 6.24. The van der Waals surface area contributed by atoms with Crippen molar-refractivity contribution in [2.45, 2.75) is 51.6 Å². The van der Waals surface area contributed by atoms with Gasteiger partial charge in [-0.15, -0.1) is 0 Å². The van der Waals surface area contributed by atoms with Crippen molar-refractivity contribution in [3.63, 3.8) is 0 Å². The Bertz CT molecular complexity index is 236. The molecule has 0 unspecified atom stereocenters. The average molecular weight is 227 g/mol. The summed E-state index contributed by atoms with van der Waals surface area (Å²) < 4.78 is 0. The van der Waals surface area contributed by atoms with E-state index in [1.807, 2.05) is 0 Å². The van der Waals surface area contributed by atoms with Gasteiger partial charge in [0.25, 0.3) is 0 Å². The summed E-state index contributed by atoms with van der Waals surface area (Å²) in [6, 6.07) is 0.463. The second kappa shape index (κ2) is 5.64. The van der Waals surface area contributed by atoms with Crippen molar-refractivity contribution in [1.29, 1.82) is 0 Å². The van der Waals surface area contributed by atoms with Crippen molar-refractivity contribution in [1.82, 2.24) is 10.2 Å². The van der Waals surface area contributed by atoms with Gasteiger partial charge in [-0.05, 0) is 33.2 Å². The van der Waals surface area contributed by atoms with Gasteiger partial charge in [0.1, 0.15) is 0 Å². The highest BCUT2D eigenvalue weighted by molar-refractivity contribution is 5.76. The van der Waals surface area contributed by atoms with E-state index in [4.69, 9.17) is 5.73 Å². The fourth-order valence-corrected chi connectivity index (χ4v) is 1.78. The molecule has 4 nitrogen and oxygen atoms in total. The van der Waals surface area contributed by atoms with Crippen molar-refractivity contribution < 1.29 is 4.79 Å². The minimum Gasteiger partial charge on any atom is -0.353 e. The summed E-state index contributed by atoms with van der Waals surface area (Å²) in [6.07, 6.45) is 2.88. The van der Waals surface area contributed by atoms with Crippen LogP contribution in [0, 0.1) is 0 Å². The summed E-state index contributed by atoms with van der Waals surface area (Å²) in [5.74, 6) is 0.175. The fourth-order valence-electron chi connectivity index (χ4n) is 1.78. The second-order valence-electron chi connectivity index (χ2n) is 5.19. The Morgan fingerprint density at radius 1 is 1.50 bits per heavy atom. The summed E-state index contributed by atoms with van der Waals surface area (Å²) in [6.45, 7) is 8.69. The van der Waals surface area contributed by atoms with Crippen LogP contribution in [0.25, 0.3) is 0 Å². The normalized spacial score (nSPS) is 16.6. The van der Waals surface area contributed by atoms with Gasteiger partial charge >= 0.3 is 0 Å². The maximum atomic E-state index is 11.6. The molecule has 0 spiro atoms. The first-order valence-corrected chi connectivity index (χ1v) is 6.24. The van der Waals surface area contributed by atoms with Crippen molar-refractivity contribution in [2.75, 3.05) is 19.6 Å². The molecule has 1 rings (SSSR count). The predicted molar refractivity (Wildman–Crippen MR) is 66.2 cm³/mol. The summed E-state index contributed by atoms with van der Waals surface area (Å²) in [5, 5.41) is 3.01. The molecule has 4 heteroatoms. The molecule has 0 radical (unpaired) electrons. The molecule has 0 saturated heterocycles. The lowest BCUT2D eigenvalue weighted by Crippen LogP contribution is -2.50. The van der Waals surface area contributed by atoms with Gasteiger partial charge < -0.3 is 11.1 Å². The molecule has 0 bridgehead atoms. The number of hydrogen-bond acceptors (Lipinski definition) is 3. The molecule has 0 aromatic heterocycles. The average Bonchev–Trinajstić information content (AvgIpc) is 3.02. The van der Waals surface area contributed by atoms with Crippen LogP contribution in [0.4, 0.5) is 0 Å². The lowest BCUT2D eigenvalue weighted by Gasteiger charge is -2.36. The van der Waals surface area contributed by atoms with Crippen molar-refractivity contribution in [3.05, 3.63) is 0 Å². The number of rotatable bonds is 7. The molecule has 1 aliphatic carbocycles. The number of amides is 1. The number of nitrogens with zero attached hydrogens (tertiary/aromatic N) is 1. The van der Waals surface area contributed by atoms with Crippen molar-refractivity contribution in [3.8, 4) is 0 Å². The van der Waals surface area contributed by atoms with E-state index in [9.17, 15) is 4.79 Å². The second-order valence-corrected chi connectivity index (χ2v) is 5.19. The third-order valence-corrected chi connectivity index (χ3v) is 3.29. The third-order valence-electron chi connectivity index (χ3n) is 3.29. The van der Waals surface area contributed by atoms with Crippen LogP contribution in [-0.2, 0) is 4.79 Å². The monoisotopic (exact) mass is 227 g/mol. The number of likely N-dealkylation sites (N-methyl/N-ethyl adjacent to an activating group) is 1. The van der Waals surface area contributed by atoms with E-state index >= 15 is 0 Å². The first-order chi connectivity index (χ1) is 7.49. The minimum atomic E-state index is -0.0192. The van der Waals surface area contributed by atoms with Crippen LogP contribution < -0.4 is 11.1 Å². The molecular formula is C12H25N3O. The third kappa shape index (κ3) is 4.10. The molecule has 16 heavy (non-hydrogen) atoms. The van der Waals surface area contributed by atoms with E-state index in [0.717, 1.165) is 25.9 Å². The largest absolute Gasteiger partial charge is 0.353 e. The van der Waals surface area contributed by atoms with Gasteiger partial charge in [0.2, 0.25) is 5.91 Å². The Labute approximate surface area is 98.6 Å². The molecule has 0 atom stereocenters. The molecule has 1 fully saturated rings. The van der Waals surface area contributed by atoms with Crippen LogP contribution in [0.2, 0.25) is 0 Å². The SMILES string of the molecule is CCN(CCC(=O)NC1CC1)C(C)(C)CN. The summed E-state index contributed by atoms with van der Waals surface area (Å²) in [4.78, 5) is 13.8. The molecule has 0 aromatic carbocycles. The van der Waals surface area contributed by atoms with Gasteiger partial charge in [0, 0.05) is 31.1 Å². The zero-order chi connectivity index (χ0) is 12.2. The Balaban J connectivity index is 2.29. The Hall–Kier alpha value is -0.610. The van der Waals surface area contributed by atoms with Crippen LogP contribution in [0.5, 0.6) is 0 Å². The Kier molecular flexibility index (Phi) is 4.74. The molecule has 1 aliphatic rings. The molecule has 1 saturated carbocycles. The highest BCUT2D eigenvalue weighted by Crippen LogP contribution is 2.19. The number of hydrogen-bond donors (Lipinski definition) is 2. The van der Waals surface area contributed by atoms with Gasteiger partial charge in [-0.3, -0.25) is 9.69 Å². The summed E-state index contributed by atoms with van der Waals surface area (Å²) >= 11 is 0. The quantitative estimate of drug-likeness (QED) is 0.673. The van der Waals surface area contributed by atoms with E-state index in [1.165, 1.54) is 0 Å². The van der Waals surface area contributed by atoms with E-state index < -0.39 is 0 Å². The summed E-state index contributed by atoms with van der Waals surface area (Å²) in [5.41, 5.74) is 5.72. The van der Waals surface area contributed by atoms with Crippen LogP contribution in [0.1, 0.15) is 40.0 Å². The first kappa shape index (κ1) is 13.5. The molecule has 3 N–H and O–H groups in total. The number of nitrogens with one attached hydrogen (secondary N) is 1. The van der Waals surface area contributed by atoms with Crippen LogP contribution >= 0.6 is 0 Å². The maximum Gasteiger partial charge on any atom is 0.221 e. The lowest BCUT2D eigenvalue weighted by molar-refractivity contribution is -0.121. The van der Waals surface area contributed by atoms with Crippen molar-refractivity contribution >= 4 is 5.91 Å². The number of carbonyl (C=O) groups excluding carboxylic acids is 1. The van der Waals surface area contributed by atoms with Gasteiger partial charge in [0.15, 0.2) is 0 Å². The zero-order valence-corrected chi connectivity index (χ0v) is 10.8. The highest BCUT2D eigenvalue weighted by Gasteiger charge is 2.26. The molecule has 94 valence electrons. The van der Waals surface area contributed by atoms with Gasteiger partial charge in [0.05, 0.1) is 0 Å². The molecule has 0 heterocycles. The van der Waals surface area contributed by atoms with E-state index in [2.05, 4.69) is 31.0 Å². The smallest absolute Gasteiger partial charge is 0.221 e. The Morgan fingerprint density at radius 3 is 2.56 bits per heavy atom. The molecule has 0 aliphatic heterocycles. The lowest BCUT2D eigenvalue weighted by atomic mass is 10.0. The van der Waals surface area contributed by atoms with Gasteiger partial charge in [-0.1, -0.05) is 6.92 Å². The molecular weight excluding hydrogens is 202 g/mol. The van der Waals surface area contributed by atoms with Gasteiger partial charge in [-0.2, -0.15) is 0 Å². The van der Waals surface area contributed by atoms with E-state index in [-0.39, 0.29) is 11.4 Å². The molecule has 0 aromatic rings. The predicted octanol–water partition coefficient (Wildman–Crippen LogP) is 0.714. The van der Waals surface area contributed by atoms with E-state index in [0.29, 0.717) is 19.0 Å². The standard InChI is InChI=1S/C12H25N3O/c1-4-15(12(2,3)9-13)8-7-11(16)14-10-5-6-10/h10H,4-9,13H2,1-3H3,(H,14,16). The highest BCUT2D eigenvalue weighted by atomic mass is 16.1. The zero-order valence-electron chi connectivity index (χ0n) is 10.8. The Morgan fingerprint density at radius 2 is 2.12 bits per heavy atom. The van der Waals surface area contributed by atoms with Crippen LogP contribution in [-0.4, -0.2) is 42.0 Å². The minimum absolute atomic E-state index is 0.0192. The topological polar surface area (TPSA) is 58.4 Å². The fraction of sp³-hybridized carbons (Fsp3) is 0.917. The van der Waals surface area contributed by atoms with Gasteiger partial charge in [-0.25, -0.2) is 0 Å². The maximum absolute atomic E-state index is 11.6. The van der Waals surface area contributed by atoms with E-state index in [1.54, 1.807) is 0 Å². The molecule has 1 amide bonds. The number of nitrogens with two attached hydrogens (primary N) is 1. The summed E-state index contributed by atoms with van der Waals surface area (Å²) in [7, 11) is 0. The number of carbonyl (C=O) groups is 1. The van der Waals surface area contributed by atoms with Crippen LogP contribution in [0.15, 0.2) is 0 Å². The van der Waals surface area contributed by atoms with Crippen LogP contribution in [0.3, 0.4) is 0 Å².